The number of hydrogen-bond donors (Lipinski definition) is 2. The zero-order valence-electron chi connectivity index (χ0n) is 19.5. The van der Waals surface area contributed by atoms with Crippen LogP contribution in [-0.2, 0) is 12.7 Å². The van der Waals surface area contributed by atoms with Crippen LogP contribution in [0.2, 0.25) is 0 Å². The van der Waals surface area contributed by atoms with Crippen molar-refractivity contribution in [1.29, 1.82) is 0 Å². The molecule has 2 N–H and O–H groups in total. The molecule has 6 nitrogen and oxygen atoms in total. The summed E-state index contributed by atoms with van der Waals surface area (Å²) >= 11 is 0. The zero-order valence-corrected chi connectivity index (χ0v) is 19.5. The number of hydrogen-bond acceptors (Lipinski definition) is 3. The Kier molecular flexibility index (Phi) is 5.83. The molecule has 0 radical (unpaired) electrons. The number of carbonyl (C=O) groups is 1. The van der Waals surface area contributed by atoms with Crippen LogP contribution in [0.3, 0.4) is 0 Å². The van der Waals surface area contributed by atoms with Crippen LogP contribution in [-0.4, -0.2) is 25.9 Å². The predicted octanol–water partition coefficient (Wildman–Crippen LogP) is 6.69. The summed E-state index contributed by atoms with van der Waals surface area (Å²) < 4.78 is 40.9. The molecule has 3 aromatic carbocycles. The molecule has 0 aliphatic rings. The number of anilines is 1. The molecule has 0 unspecified atom stereocenters. The molecule has 36 heavy (non-hydrogen) atoms. The van der Waals surface area contributed by atoms with E-state index in [2.05, 4.69) is 20.6 Å². The van der Waals surface area contributed by atoms with Gasteiger partial charge in [-0.25, -0.2) is 0 Å². The molecule has 0 atom stereocenters. The summed E-state index contributed by atoms with van der Waals surface area (Å²) in [5.74, 6) is -0.492. The molecule has 9 heteroatoms. The number of alkyl halides is 3. The van der Waals surface area contributed by atoms with Gasteiger partial charge in [0.2, 0.25) is 0 Å². The first kappa shape index (κ1) is 23.3. The van der Waals surface area contributed by atoms with E-state index in [0.29, 0.717) is 5.56 Å². The maximum absolute atomic E-state index is 13.0. The summed E-state index contributed by atoms with van der Waals surface area (Å²) in [5, 5.41) is 15.4. The molecule has 1 amide bonds. The fraction of sp³-hybridized carbons (Fsp3) is 0.148. The molecule has 0 bridgehead atoms. The minimum Gasteiger partial charge on any atom is -0.322 e. The molecule has 0 spiro atoms. The highest BCUT2D eigenvalue weighted by atomic mass is 19.4. The van der Waals surface area contributed by atoms with Gasteiger partial charge in [0.15, 0.2) is 0 Å². The number of aromatic nitrogens is 4. The van der Waals surface area contributed by atoms with E-state index < -0.39 is 17.6 Å². The molecule has 182 valence electrons. The second-order valence-corrected chi connectivity index (χ2v) is 8.48. The van der Waals surface area contributed by atoms with Crippen LogP contribution < -0.4 is 5.32 Å². The Hall–Kier alpha value is -4.40. The fourth-order valence-corrected chi connectivity index (χ4v) is 4.12. The average molecular weight is 490 g/mol. The number of nitrogens with zero attached hydrogens (tertiary/aromatic N) is 3. The number of aryl methyl sites for hydroxylation is 2. The fourth-order valence-electron chi connectivity index (χ4n) is 4.12. The van der Waals surface area contributed by atoms with Gasteiger partial charge in [0.05, 0.1) is 17.3 Å². The summed E-state index contributed by atoms with van der Waals surface area (Å²) in [6.45, 7) is 4.72. The highest BCUT2D eigenvalue weighted by Crippen LogP contribution is 2.33. The third-order valence-electron chi connectivity index (χ3n) is 6.05. The maximum Gasteiger partial charge on any atom is 0.416 e. The Morgan fingerprint density at radius 1 is 1.06 bits per heavy atom. The van der Waals surface area contributed by atoms with Gasteiger partial charge >= 0.3 is 6.18 Å². The van der Waals surface area contributed by atoms with Gasteiger partial charge < -0.3 is 5.32 Å². The summed E-state index contributed by atoms with van der Waals surface area (Å²) in [6, 6.07) is 15.7. The topological polar surface area (TPSA) is 75.6 Å². The van der Waals surface area contributed by atoms with E-state index in [1.807, 2.05) is 49.0 Å². The van der Waals surface area contributed by atoms with E-state index in [0.717, 1.165) is 57.5 Å². The van der Waals surface area contributed by atoms with E-state index in [-0.39, 0.29) is 5.69 Å². The summed E-state index contributed by atoms with van der Waals surface area (Å²) in [5.41, 5.74) is 4.83. The third kappa shape index (κ3) is 4.47. The summed E-state index contributed by atoms with van der Waals surface area (Å²) in [6.07, 6.45) is -0.761. The Morgan fingerprint density at radius 3 is 2.64 bits per heavy atom. The van der Waals surface area contributed by atoms with Gasteiger partial charge in [0, 0.05) is 34.9 Å². The molecular weight excluding hydrogens is 467 g/mol. The van der Waals surface area contributed by atoms with E-state index in [9.17, 15) is 18.0 Å². The average Bonchev–Trinajstić information content (AvgIpc) is 3.50. The highest BCUT2D eigenvalue weighted by Gasteiger charge is 2.30. The Labute approximate surface area is 204 Å². The molecule has 0 fully saturated rings. The summed E-state index contributed by atoms with van der Waals surface area (Å²) in [7, 11) is 0. The van der Waals surface area contributed by atoms with Crippen molar-refractivity contribution in [2.75, 3.05) is 5.32 Å². The number of amides is 1. The number of fused-ring (bicyclic) bond motifs is 1. The SMILES string of the molecule is CCn1cc(-c2n[nH]c3cc(-c4cc(C(=O)Nc5cccc(C(F)(F)F)c5)ccc4C)ccc23)cn1. The third-order valence-corrected chi connectivity index (χ3v) is 6.05. The van der Waals surface area contributed by atoms with Gasteiger partial charge in [-0.1, -0.05) is 18.2 Å². The second-order valence-electron chi connectivity index (χ2n) is 8.48. The van der Waals surface area contributed by atoms with E-state index >= 15 is 0 Å². The molecule has 2 heterocycles. The largest absolute Gasteiger partial charge is 0.416 e. The molecule has 5 rings (SSSR count). The van der Waals surface area contributed by atoms with Gasteiger partial charge in [0.1, 0.15) is 5.69 Å². The van der Waals surface area contributed by atoms with Crippen LogP contribution in [0.25, 0.3) is 33.3 Å². The molecule has 0 saturated carbocycles. The zero-order chi connectivity index (χ0) is 25.4. The lowest BCUT2D eigenvalue weighted by molar-refractivity contribution is -0.137. The second kappa shape index (κ2) is 8.99. The quantitative estimate of drug-likeness (QED) is 0.289. The van der Waals surface area contributed by atoms with Gasteiger partial charge in [-0.05, 0) is 73.0 Å². The highest BCUT2D eigenvalue weighted by molar-refractivity contribution is 6.05. The van der Waals surface area contributed by atoms with Crippen LogP contribution in [0.4, 0.5) is 18.9 Å². The van der Waals surface area contributed by atoms with Crippen molar-refractivity contribution in [3.8, 4) is 22.4 Å². The van der Waals surface area contributed by atoms with E-state index in [1.165, 1.54) is 12.1 Å². The first-order chi connectivity index (χ1) is 17.2. The molecule has 0 aliphatic heterocycles. The summed E-state index contributed by atoms with van der Waals surface area (Å²) in [4.78, 5) is 12.9. The Bertz CT molecular complexity index is 1580. The van der Waals surface area contributed by atoms with Crippen LogP contribution in [0.5, 0.6) is 0 Å². The molecule has 2 aromatic heterocycles. The minimum atomic E-state index is -4.49. The van der Waals surface area contributed by atoms with Crippen molar-refractivity contribution < 1.29 is 18.0 Å². The number of H-pyrrole nitrogens is 1. The number of nitrogens with one attached hydrogen (secondary N) is 2. The van der Waals surface area contributed by atoms with Gasteiger partial charge in [-0.15, -0.1) is 0 Å². The normalized spacial score (nSPS) is 11.7. The number of benzene rings is 3. The van der Waals surface area contributed by atoms with Gasteiger partial charge in [-0.3, -0.25) is 14.6 Å². The lowest BCUT2D eigenvalue weighted by Crippen LogP contribution is -2.13. The van der Waals surface area contributed by atoms with Crippen LogP contribution in [0, 0.1) is 6.92 Å². The van der Waals surface area contributed by atoms with Crippen molar-refractivity contribution in [2.45, 2.75) is 26.6 Å². The first-order valence-electron chi connectivity index (χ1n) is 11.3. The van der Waals surface area contributed by atoms with Crippen molar-refractivity contribution >= 4 is 22.5 Å². The lowest BCUT2D eigenvalue weighted by Gasteiger charge is -2.12. The van der Waals surface area contributed by atoms with Crippen LogP contribution in [0.15, 0.2) is 73.1 Å². The van der Waals surface area contributed by atoms with Crippen LogP contribution >= 0.6 is 0 Å². The number of carbonyl (C=O) groups excluding carboxylic acids is 1. The van der Waals surface area contributed by atoms with Gasteiger partial charge in [0.25, 0.3) is 5.91 Å². The van der Waals surface area contributed by atoms with E-state index in [4.69, 9.17) is 0 Å². The number of halogens is 3. The standard InChI is InChI=1S/C27H22F3N5O/c1-3-35-15-19(14-31-35)25-22-10-9-17(12-24(22)33-34-25)23-11-18(8-7-16(23)2)26(36)32-21-6-4-5-20(13-21)27(28,29)30/h4-15H,3H2,1-2H3,(H,32,36)(H,33,34). The molecule has 0 aliphatic carbocycles. The van der Waals surface area contributed by atoms with Crippen molar-refractivity contribution in [3.05, 3.63) is 89.7 Å². The van der Waals surface area contributed by atoms with Crippen molar-refractivity contribution in [2.24, 2.45) is 0 Å². The smallest absolute Gasteiger partial charge is 0.322 e. The molecule has 0 saturated heterocycles. The lowest BCUT2D eigenvalue weighted by atomic mass is 9.96. The Morgan fingerprint density at radius 2 is 1.89 bits per heavy atom. The predicted molar refractivity (Wildman–Crippen MR) is 133 cm³/mol. The maximum atomic E-state index is 13.0. The molecule has 5 aromatic rings. The van der Waals surface area contributed by atoms with Crippen LogP contribution in [0.1, 0.15) is 28.4 Å². The van der Waals surface area contributed by atoms with E-state index in [1.54, 1.807) is 18.3 Å². The Balaban J connectivity index is 1.44. The monoisotopic (exact) mass is 489 g/mol. The van der Waals surface area contributed by atoms with Crippen molar-refractivity contribution in [3.63, 3.8) is 0 Å². The minimum absolute atomic E-state index is 0.0785. The molecular formula is C27H22F3N5O. The first-order valence-corrected chi connectivity index (χ1v) is 11.3. The number of rotatable bonds is 5. The van der Waals surface area contributed by atoms with Gasteiger partial charge in [-0.2, -0.15) is 23.4 Å². The number of aromatic amines is 1. The van der Waals surface area contributed by atoms with Crippen molar-refractivity contribution in [1.82, 2.24) is 20.0 Å².